The molecule has 6 rings (SSSR count). The maximum atomic E-state index is 3.18. The number of rotatable bonds is 0. The summed E-state index contributed by atoms with van der Waals surface area (Å²) in [6.45, 7) is 0. The Morgan fingerprint density at radius 2 is 0.920 bits per heavy atom. The SMILES string of the molecule is C1#Cc2ccc(cc2)C#CCSCC#Cc2ccc(cc2)C#CSC1. The summed E-state index contributed by atoms with van der Waals surface area (Å²) in [5, 5.41) is 3.09. The summed E-state index contributed by atoms with van der Waals surface area (Å²) in [5.74, 6) is 24.4. The molecule has 0 N–H and O–H groups in total. The molecule has 2 aromatic rings. The number of hydrogen-bond acceptors (Lipinski definition) is 2. The van der Waals surface area contributed by atoms with E-state index >= 15 is 0 Å². The Labute approximate surface area is 158 Å². The van der Waals surface area contributed by atoms with Gasteiger partial charge in [-0.25, -0.2) is 0 Å². The summed E-state index contributed by atoms with van der Waals surface area (Å²) in [4.78, 5) is 0. The lowest BCUT2D eigenvalue weighted by Gasteiger charge is -1.92. The molecule has 0 saturated heterocycles. The van der Waals surface area contributed by atoms with E-state index in [-0.39, 0.29) is 0 Å². The zero-order chi connectivity index (χ0) is 17.2. The third kappa shape index (κ3) is 6.07. The van der Waals surface area contributed by atoms with E-state index in [1.807, 2.05) is 48.5 Å². The van der Waals surface area contributed by atoms with Gasteiger partial charge in [0.25, 0.3) is 0 Å². The quantitative estimate of drug-likeness (QED) is 0.650. The lowest BCUT2D eigenvalue weighted by Crippen LogP contribution is -1.80. The van der Waals surface area contributed by atoms with Crippen molar-refractivity contribution in [2.45, 2.75) is 0 Å². The highest BCUT2D eigenvalue weighted by Gasteiger charge is 1.90. The van der Waals surface area contributed by atoms with Crippen molar-refractivity contribution in [1.82, 2.24) is 0 Å². The molecule has 4 aliphatic rings. The van der Waals surface area contributed by atoms with Crippen molar-refractivity contribution in [1.29, 1.82) is 0 Å². The zero-order valence-corrected chi connectivity index (χ0v) is 15.2. The first-order chi connectivity index (χ1) is 12.4. The van der Waals surface area contributed by atoms with Crippen LogP contribution in [0.4, 0.5) is 0 Å². The number of benzene rings is 2. The van der Waals surface area contributed by atoms with E-state index in [2.05, 4.69) is 46.7 Å². The fourth-order valence-corrected chi connectivity index (χ4v) is 2.87. The van der Waals surface area contributed by atoms with E-state index in [1.54, 1.807) is 11.8 Å². The van der Waals surface area contributed by atoms with Gasteiger partial charge in [0, 0.05) is 22.3 Å². The molecule has 4 heterocycles. The van der Waals surface area contributed by atoms with Crippen molar-refractivity contribution in [2.24, 2.45) is 0 Å². The highest BCUT2D eigenvalue weighted by molar-refractivity contribution is 8.04. The summed E-state index contributed by atoms with van der Waals surface area (Å²) < 4.78 is 0. The smallest absolute Gasteiger partial charge is 0.0674 e. The van der Waals surface area contributed by atoms with Crippen LogP contribution in [0.3, 0.4) is 0 Å². The van der Waals surface area contributed by atoms with Gasteiger partial charge in [-0.05, 0) is 53.8 Å². The van der Waals surface area contributed by atoms with Gasteiger partial charge in [0.05, 0.1) is 17.3 Å². The molecule has 0 unspecified atom stereocenters. The molecule has 0 aliphatic carbocycles. The van der Waals surface area contributed by atoms with Crippen molar-refractivity contribution in [2.75, 3.05) is 17.3 Å². The molecule has 2 aromatic carbocycles. The molecular weight excluding hydrogens is 340 g/mol. The molecule has 2 heteroatoms. The summed E-state index contributed by atoms with van der Waals surface area (Å²) in [6, 6.07) is 16.1. The van der Waals surface area contributed by atoms with Gasteiger partial charge < -0.3 is 0 Å². The molecule has 118 valence electrons. The van der Waals surface area contributed by atoms with E-state index < -0.39 is 0 Å². The monoisotopic (exact) mass is 354 g/mol. The molecule has 0 radical (unpaired) electrons. The standard InChI is InChI=1S/C23H14S2/c1-4-20-7-9-21(10-8-20)6-3-18-25-19-15-23-13-11-22(12-14-23)5-2-17-24-16-1/h7-14H,16-18H2. The highest BCUT2D eigenvalue weighted by Crippen LogP contribution is 2.05. The van der Waals surface area contributed by atoms with Gasteiger partial charge in [0.1, 0.15) is 0 Å². The van der Waals surface area contributed by atoms with Crippen LogP contribution in [-0.4, -0.2) is 17.3 Å². The molecule has 4 aliphatic heterocycles. The average molecular weight is 354 g/mol. The van der Waals surface area contributed by atoms with Gasteiger partial charge in [0.2, 0.25) is 0 Å². The molecule has 0 saturated carbocycles. The van der Waals surface area contributed by atoms with Crippen LogP contribution in [0.25, 0.3) is 0 Å². The highest BCUT2D eigenvalue weighted by atomic mass is 32.2. The summed E-state index contributed by atoms with van der Waals surface area (Å²) in [6.07, 6.45) is 0. The Bertz CT molecular complexity index is 885. The van der Waals surface area contributed by atoms with E-state index in [4.69, 9.17) is 0 Å². The van der Waals surface area contributed by atoms with Crippen LogP contribution in [0.5, 0.6) is 0 Å². The zero-order valence-electron chi connectivity index (χ0n) is 13.6. The van der Waals surface area contributed by atoms with E-state index in [1.165, 1.54) is 11.8 Å². The second kappa shape index (κ2) is 9.62. The van der Waals surface area contributed by atoms with Gasteiger partial charge >= 0.3 is 0 Å². The Balaban J connectivity index is 1.78. The largest absolute Gasteiger partial charge is 0.136 e. The minimum absolute atomic E-state index is 0.690. The summed E-state index contributed by atoms with van der Waals surface area (Å²) >= 11 is 3.25. The first kappa shape index (κ1) is 17.2. The summed E-state index contributed by atoms with van der Waals surface area (Å²) in [5.41, 5.74) is 4.03. The molecule has 0 nitrogen and oxygen atoms in total. The topological polar surface area (TPSA) is 0 Å². The van der Waals surface area contributed by atoms with Gasteiger partial charge in [-0.2, -0.15) is 0 Å². The van der Waals surface area contributed by atoms with E-state index in [0.717, 1.165) is 33.8 Å². The first-order valence-electron chi connectivity index (χ1n) is 7.77. The number of hydrogen-bond donors (Lipinski definition) is 0. The Hall–Kier alpha value is -2.62. The lowest BCUT2D eigenvalue weighted by atomic mass is 10.1. The van der Waals surface area contributed by atoms with Crippen molar-refractivity contribution in [3.05, 3.63) is 70.8 Å². The first-order valence-corrected chi connectivity index (χ1v) is 9.91. The van der Waals surface area contributed by atoms with Gasteiger partial charge in [0.15, 0.2) is 0 Å². The van der Waals surface area contributed by atoms with Gasteiger partial charge in [-0.15, -0.1) is 11.8 Å². The van der Waals surface area contributed by atoms with Crippen LogP contribution >= 0.6 is 23.5 Å². The molecule has 0 spiro atoms. The minimum atomic E-state index is 0.690. The van der Waals surface area contributed by atoms with Gasteiger partial charge in [-0.1, -0.05) is 53.2 Å². The normalized spacial score (nSPS) is 12.8. The Kier molecular flexibility index (Phi) is 6.62. The predicted molar refractivity (Wildman–Crippen MR) is 110 cm³/mol. The van der Waals surface area contributed by atoms with E-state index in [9.17, 15) is 0 Å². The third-order valence-corrected chi connectivity index (χ3v) is 4.46. The van der Waals surface area contributed by atoms with Crippen molar-refractivity contribution in [3.8, 4) is 46.7 Å². The maximum absolute atomic E-state index is 3.18. The van der Waals surface area contributed by atoms with Crippen molar-refractivity contribution < 1.29 is 0 Å². The Morgan fingerprint density at radius 3 is 1.40 bits per heavy atom. The van der Waals surface area contributed by atoms with Crippen molar-refractivity contribution >= 4 is 23.5 Å². The second-order valence-corrected chi connectivity index (χ2v) is 6.84. The van der Waals surface area contributed by atoms with Crippen LogP contribution in [0.2, 0.25) is 0 Å². The van der Waals surface area contributed by atoms with Crippen LogP contribution in [-0.2, 0) is 0 Å². The van der Waals surface area contributed by atoms with Crippen molar-refractivity contribution in [3.63, 3.8) is 0 Å². The van der Waals surface area contributed by atoms with Crippen LogP contribution in [0, 0.1) is 46.7 Å². The molecule has 4 bridgehead atoms. The molecule has 0 amide bonds. The fourth-order valence-electron chi connectivity index (χ4n) is 2.01. The predicted octanol–water partition coefficient (Wildman–Crippen LogP) is 4.23. The molecule has 0 atom stereocenters. The van der Waals surface area contributed by atoms with Gasteiger partial charge in [-0.3, -0.25) is 0 Å². The number of thioether (sulfide) groups is 2. The fraction of sp³-hybridized carbons (Fsp3) is 0.130. The van der Waals surface area contributed by atoms with Crippen LogP contribution in [0.15, 0.2) is 48.5 Å². The maximum Gasteiger partial charge on any atom is 0.0674 e. The molecule has 0 fully saturated rings. The Morgan fingerprint density at radius 1 is 0.520 bits per heavy atom. The second-order valence-electron chi connectivity index (χ2n) is 5.07. The van der Waals surface area contributed by atoms with Crippen LogP contribution < -0.4 is 0 Å². The molecular formula is C23H14S2. The molecule has 0 aromatic heterocycles. The average Bonchev–Trinajstić information content (AvgIpc) is 2.65. The summed E-state index contributed by atoms with van der Waals surface area (Å²) in [7, 11) is 0. The van der Waals surface area contributed by atoms with Crippen LogP contribution in [0.1, 0.15) is 22.3 Å². The lowest BCUT2D eigenvalue weighted by molar-refractivity contribution is 1.60. The molecule has 25 heavy (non-hydrogen) atoms. The third-order valence-electron chi connectivity index (χ3n) is 3.23. The minimum Gasteiger partial charge on any atom is -0.136 e. The van der Waals surface area contributed by atoms with E-state index in [0.29, 0.717) is 5.75 Å².